The normalized spacial score (nSPS) is 12.3. The van der Waals surface area contributed by atoms with Gasteiger partial charge >= 0.3 is 18.0 Å². The molecule has 8 heteroatoms. The van der Waals surface area contributed by atoms with Crippen LogP contribution >= 0.6 is 0 Å². The lowest BCUT2D eigenvalue weighted by molar-refractivity contribution is -0.154. The zero-order valence-corrected chi connectivity index (χ0v) is 22.4. The summed E-state index contributed by atoms with van der Waals surface area (Å²) in [5.74, 6) is -2.64. The third kappa shape index (κ3) is 6.70. The van der Waals surface area contributed by atoms with Crippen LogP contribution in [-0.2, 0) is 30.2 Å². The lowest BCUT2D eigenvalue weighted by atomic mass is 9.96. The van der Waals surface area contributed by atoms with Gasteiger partial charge in [-0.2, -0.15) is 0 Å². The highest BCUT2D eigenvalue weighted by atomic mass is 16.6. The molecule has 0 unspecified atom stereocenters. The highest BCUT2D eigenvalue weighted by Crippen LogP contribution is 2.31. The van der Waals surface area contributed by atoms with E-state index in [0.717, 1.165) is 22.0 Å². The zero-order chi connectivity index (χ0) is 27.2. The number of H-pyrrole nitrogens is 1. The first-order valence-corrected chi connectivity index (χ1v) is 12.4. The van der Waals surface area contributed by atoms with Crippen molar-refractivity contribution in [2.45, 2.75) is 58.1 Å². The van der Waals surface area contributed by atoms with Gasteiger partial charge in [0.2, 0.25) is 0 Å². The zero-order valence-electron chi connectivity index (χ0n) is 22.4. The molecule has 0 aliphatic heterocycles. The summed E-state index contributed by atoms with van der Waals surface area (Å²) < 4.78 is 15.5. The molecule has 1 amide bonds. The van der Waals surface area contributed by atoms with Crippen molar-refractivity contribution in [1.82, 2.24) is 9.88 Å². The molecule has 198 valence electrons. The van der Waals surface area contributed by atoms with Gasteiger partial charge in [-0.3, -0.25) is 9.59 Å². The van der Waals surface area contributed by atoms with E-state index in [1.807, 2.05) is 82.3 Å². The Labute approximate surface area is 217 Å². The maximum Gasteiger partial charge on any atom is 0.410 e. The summed E-state index contributed by atoms with van der Waals surface area (Å²) in [5, 5.41) is 0.898. The van der Waals surface area contributed by atoms with E-state index in [9.17, 15) is 14.4 Å². The lowest BCUT2D eigenvalue weighted by Gasteiger charge is -2.32. The van der Waals surface area contributed by atoms with E-state index in [-0.39, 0.29) is 6.04 Å². The fourth-order valence-electron chi connectivity index (χ4n) is 4.41. The molecule has 37 heavy (non-hydrogen) atoms. The number of fused-ring (bicyclic) bond motifs is 1. The molecule has 0 aliphatic carbocycles. The van der Waals surface area contributed by atoms with Crippen LogP contribution in [-0.4, -0.2) is 54.3 Å². The second-order valence-corrected chi connectivity index (χ2v) is 9.91. The van der Waals surface area contributed by atoms with Gasteiger partial charge in [0, 0.05) is 23.1 Å². The summed E-state index contributed by atoms with van der Waals surface area (Å²) in [6.07, 6.45) is 0.676. The Kier molecular flexibility index (Phi) is 8.97. The maximum absolute atomic E-state index is 13.2. The first kappa shape index (κ1) is 27.8. The molecule has 3 aromatic rings. The van der Waals surface area contributed by atoms with E-state index in [0.29, 0.717) is 25.1 Å². The maximum atomic E-state index is 13.2. The number of ether oxygens (including phenoxy) is 3. The summed E-state index contributed by atoms with van der Waals surface area (Å²) in [4.78, 5) is 43.3. The highest BCUT2D eigenvalue weighted by molar-refractivity contribution is 6.02. The Morgan fingerprint density at radius 3 is 2.11 bits per heavy atom. The fourth-order valence-corrected chi connectivity index (χ4v) is 4.41. The highest BCUT2D eigenvalue weighted by Gasteiger charge is 2.35. The van der Waals surface area contributed by atoms with Crippen molar-refractivity contribution in [3.8, 4) is 0 Å². The number of para-hydroxylation sites is 1. The minimum atomic E-state index is -1.23. The minimum absolute atomic E-state index is 0.212. The Bertz CT molecular complexity index is 1210. The second-order valence-electron chi connectivity index (χ2n) is 9.91. The van der Waals surface area contributed by atoms with Crippen LogP contribution in [0.25, 0.3) is 10.9 Å². The molecular weight excluding hydrogens is 472 g/mol. The fraction of sp³-hybridized carbons (Fsp3) is 0.414. The van der Waals surface area contributed by atoms with Gasteiger partial charge in [-0.05, 0) is 57.7 Å². The van der Waals surface area contributed by atoms with Crippen molar-refractivity contribution in [1.29, 1.82) is 0 Å². The standard InChI is InChI=1S/C29H36N2O6/c1-19(20-13-8-7-9-14-20)31(28(34)37-29(2,3)4)18-12-16-22-21-15-10-11-17-23(21)30-25(22)24(26(32)35-5)27(33)36-6/h7-11,13-15,17,19,24,30H,12,16,18H2,1-6H3/t19-/m0/s1. The van der Waals surface area contributed by atoms with E-state index in [1.165, 1.54) is 14.2 Å². The molecule has 1 N–H and O–H groups in total. The third-order valence-corrected chi connectivity index (χ3v) is 6.21. The summed E-state index contributed by atoms with van der Waals surface area (Å²) in [6.45, 7) is 7.91. The van der Waals surface area contributed by atoms with Crippen LogP contribution in [0.4, 0.5) is 4.79 Å². The first-order chi connectivity index (χ1) is 17.6. The molecular formula is C29H36N2O6. The summed E-state index contributed by atoms with van der Waals surface area (Å²) in [6, 6.07) is 17.2. The van der Waals surface area contributed by atoms with E-state index in [4.69, 9.17) is 14.2 Å². The van der Waals surface area contributed by atoms with Gasteiger partial charge in [0.25, 0.3) is 0 Å². The number of nitrogens with zero attached hydrogens (tertiary/aromatic N) is 1. The molecule has 0 radical (unpaired) electrons. The number of esters is 2. The average molecular weight is 509 g/mol. The van der Waals surface area contributed by atoms with Gasteiger partial charge in [0.15, 0.2) is 5.92 Å². The molecule has 2 aromatic carbocycles. The van der Waals surface area contributed by atoms with E-state index in [2.05, 4.69) is 4.98 Å². The van der Waals surface area contributed by atoms with Crippen LogP contribution in [0.15, 0.2) is 54.6 Å². The van der Waals surface area contributed by atoms with E-state index in [1.54, 1.807) is 4.90 Å². The predicted octanol–water partition coefficient (Wildman–Crippen LogP) is 5.53. The van der Waals surface area contributed by atoms with Crippen molar-refractivity contribution in [2.75, 3.05) is 20.8 Å². The average Bonchev–Trinajstić information content (AvgIpc) is 3.23. The quantitative estimate of drug-likeness (QED) is 0.232. The Hall–Kier alpha value is -3.81. The lowest BCUT2D eigenvalue weighted by Crippen LogP contribution is -2.39. The third-order valence-electron chi connectivity index (χ3n) is 6.21. The molecule has 0 saturated carbocycles. The van der Waals surface area contributed by atoms with Crippen molar-refractivity contribution in [3.05, 3.63) is 71.4 Å². The molecule has 0 fully saturated rings. The molecule has 1 heterocycles. The molecule has 0 aliphatic rings. The van der Waals surface area contributed by atoms with Crippen LogP contribution in [0, 0.1) is 0 Å². The molecule has 0 spiro atoms. The number of aromatic nitrogens is 1. The monoisotopic (exact) mass is 508 g/mol. The van der Waals surface area contributed by atoms with Crippen molar-refractivity contribution >= 4 is 28.9 Å². The molecule has 0 bridgehead atoms. The number of amides is 1. The summed E-state index contributed by atoms with van der Waals surface area (Å²) >= 11 is 0. The molecule has 8 nitrogen and oxygen atoms in total. The number of hydrogen-bond donors (Lipinski definition) is 1. The number of hydrogen-bond acceptors (Lipinski definition) is 6. The van der Waals surface area contributed by atoms with Crippen LogP contribution in [0.2, 0.25) is 0 Å². The number of aromatic amines is 1. The van der Waals surface area contributed by atoms with Gasteiger partial charge in [-0.1, -0.05) is 48.5 Å². The van der Waals surface area contributed by atoms with E-state index >= 15 is 0 Å². The smallest absolute Gasteiger partial charge is 0.410 e. The summed E-state index contributed by atoms with van der Waals surface area (Å²) in [7, 11) is 2.48. The van der Waals surface area contributed by atoms with Crippen molar-refractivity contribution in [3.63, 3.8) is 0 Å². The number of carbonyl (C=O) groups is 3. The number of carbonyl (C=O) groups excluding carboxylic acids is 3. The largest absolute Gasteiger partial charge is 0.468 e. The van der Waals surface area contributed by atoms with E-state index < -0.39 is 29.6 Å². The molecule has 0 saturated heterocycles. The van der Waals surface area contributed by atoms with Crippen LogP contribution in [0.3, 0.4) is 0 Å². The molecule has 1 aromatic heterocycles. The van der Waals surface area contributed by atoms with Gasteiger partial charge in [-0.25, -0.2) is 4.79 Å². The van der Waals surface area contributed by atoms with Crippen molar-refractivity contribution < 1.29 is 28.6 Å². The predicted molar refractivity (Wildman–Crippen MR) is 141 cm³/mol. The number of rotatable bonds is 9. The van der Waals surface area contributed by atoms with Crippen LogP contribution < -0.4 is 0 Å². The Balaban J connectivity index is 1.92. The Morgan fingerprint density at radius 2 is 1.51 bits per heavy atom. The number of nitrogens with one attached hydrogen (secondary N) is 1. The molecule has 3 rings (SSSR count). The minimum Gasteiger partial charge on any atom is -0.468 e. The Morgan fingerprint density at radius 1 is 0.919 bits per heavy atom. The van der Waals surface area contributed by atoms with Gasteiger partial charge in [0.1, 0.15) is 5.60 Å². The number of methoxy groups -OCH3 is 2. The molecule has 1 atom stereocenters. The summed E-state index contributed by atoms with van der Waals surface area (Å²) in [5.41, 5.74) is 2.42. The second kappa shape index (κ2) is 12.0. The van der Waals surface area contributed by atoms with Crippen LogP contribution in [0.1, 0.15) is 62.9 Å². The van der Waals surface area contributed by atoms with Crippen molar-refractivity contribution in [2.24, 2.45) is 0 Å². The topological polar surface area (TPSA) is 97.9 Å². The number of benzene rings is 2. The van der Waals surface area contributed by atoms with Gasteiger partial charge in [0.05, 0.1) is 20.3 Å². The van der Waals surface area contributed by atoms with Gasteiger partial charge < -0.3 is 24.1 Å². The van der Waals surface area contributed by atoms with Gasteiger partial charge in [-0.15, -0.1) is 0 Å². The number of aryl methyl sites for hydroxylation is 1. The SMILES string of the molecule is COC(=O)C(C(=O)OC)c1[nH]c2ccccc2c1CCCN(C(=O)OC(C)(C)C)[C@@H](C)c1ccccc1. The van der Waals surface area contributed by atoms with Crippen LogP contribution in [0.5, 0.6) is 0 Å². The first-order valence-electron chi connectivity index (χ1n) is 12.4.